The topological polar surface area (TPSA) is 67.1 Å². The van der Waals surface area contributed by atoms with Crippen molar-refractivity contribution in [2.45, 2.75) is 89.3 Å². The number of nitrogens with zero attached hydrogens (tertiary/aromatic N) is 4. The number of benzene rings is 1. The second-order valence-corrected chi connectivity index (χ2v) is 8.97. The van der Waals surface area contributed by atoms with Crippen molar-refractivity contribution in [2.24, 2.45) is 12.0 Å². The van der Waals surface area contributed by atoms with E-state index < -0.39 is 0 Å². The number of aryl methyl sites for hydroxylation is 1. The summed E-state index contributed by atoms with van der Waals surface area (Å²) in [4.78, 5) is 4.90. The average molecular weight is 537 g/mol. The number of aromatic nitrogens is 3. The van der Waals surface area contributed by atoms with Crippen molar-refractivity contribution in [3.05, 3.63) is 47.5 Å². The van der Waals surface area contributed by atoms with Gasteiger partial charge in [0, 0.05) is 19.1 Å². The first-order valence-electron chi connectivity index (χ1n) is 11.7. The molecule has 170 valence electrons. The third-order valence-corrected chi connectivity index (χ3v) is 6.85. The van der Waals surface area contributed by atoms with E-state index in [-0.39, 0.29) is 24.0 Å². The lowest BCUT2D eigenvalue weighted by molar-refractivity contribution is 0.363. The van der Waals surface area contributed by atoms with Crippen LogP contribution in [0.25, 0.3) is 0 Å². The zero-order valence-electron chi connectivity index (χ0n) is 18.9. The Morgan fingerprint density at radius 3 is 2.19 bits per heavy atom. The first kappa shape index (κ1) is 24.0. The predicted molar refractivity (Wildman–Crippen MR) is 137 cm³/mol. The SMILES string of the molecule is Cc1nnc(CN=C(NC2CCCCC2)NC2CCC(c3ccccc3)CC2)n1C.I. The van der Waals surface area contributed by atoms with E-state index >= 15 is 0 Å². The molecule has 1 heterocycles. The zero-order chi connectivity index (χ0) is 20.8. The average Bonchev–Trinajstić information content (AvgIpc) is 3.11. The minimum absolute atomic E-state index is 0. The molecule has 0 aliphatic heterocycles. The molecule has 6 nitrogen and oxygen atoms in total. The molecule has 2 aromatic rings. The van der Waals surface area contributed by atoms with Crippen LogP contribution in [0.15, 0.2) is 35.3 Å². The number of aliphatic imine (C=N–C) groups is 1. The summed E-state index contributed by atoms with van der Waals surface area (Å²) >= 11 is 0. The van der Waals surface area contributed by atoms with E-state index in [2.05, 4.69) is 51.2 Å². The van der Waals surface area contributed by atoms with Gasteiger partial charge in [-0.2, -0.15) is 0 Å². The molecule has 2 N–H and O–H groups in total. The van der Waals surface area contributed by atoms with Crippen LogP contribution in [0.1, 0.15) is 80.9 Å². The number of nitrogens with one attached hydrogen (secondary N) is 2. The molecular weight excluding hydrogens is 499 g/mol. The smallest absolute Gasteiger partial charge is 0.192 e. The largest absolute Gasteiger partial charge is 0.354 e. The number of halogens is 1. The van der Waals surface area contributed by atoms with Crippen LogP contribution in [-0.2, 0) is 13.6 Å². The first-order chi connectivity index (χ1) is 14.7. The van der Waals surface area contributed by atoms with Crippen molar-refractivity contribution in [1.29, 1.82) is 0 Å². The Labute approximate surface area is 203 Å². The summed E-state index contributed by atoms with van der Waals surface area (Å²) in [6, 6.07) is 12.0. The highest BCUT2D eigenvalue weighted by Gasteiger charge is 2.24. The third kappa shape index (κ3) is 6.67. The fourth-order valence-corrected chi connectivity index (χ4v) is 4.80. The Morgan fingerprint density at radius 1 is 0.935 bits per heavy atom. The molecule has 2 aliphatic rings. The quantitative estimate of drug-likeness (QED) is 0.326. The number of hydrogen-bond acceptors (Lipinski definition) is 3. The van der Waals surface area contributed by atoms with Crippen LogP contribution < -0.4 is 10.6 Å². The summed E-state index contributed by atoms with van der Waals surface area (Å²) in [5.41, 5.74) is 1.49. The number of rotatable bonds is 5. The second-order valence-electron chi connectivity index (χ2n) is 8.97. The molecule has 31 heavy (non-hydrogen) atoms. The van der Waals surface area contributed by atoms with E-state index in [4.69, 9.17) is 4.99 Å². The lowest BCUT2D eigenvalue weighted by Gasteiger charge is -2.32. The van der Waals surface area contributed by atoms with Gasteiger partial charge in [0.25, 0.3) is 0 Å². The van der Waals surface area contributed by atoms with Crippen molar-refractivity contribution in [2.75, 3.05) is 0 Å². The Kier molecular flexibility index (Phi) is 9.16. The number of hydrogen-bond donors (Lipinski definition) is 2. The van der Waals surface area contributed by atoms with Crippen molar-refractivity contribution in [3.63, 3.8) is 0 Å². The van der Waals surface area contributed by atoms with Crippen LogP contribution in [-0.4, -0.2) is 32.8 Å². The van der Waals surface area contributed by atoms with E-state index in [9.17, 15) is 0 Å². The van der Waals surface area contributed by atoms with Gasteiger partial charge in [0.2, 0.25) is 0 Å². The van der Waals surface area contributed by atoms with E-state index in [0.717, 1.165) is 17.6 Å². The van der Waals surface area contributed by atoms with Gasteiger partial charge in [-0.1, -0.05) is 49.6 Å². The van der Waals surface area contributed by atoms with Crippen molar-refractivity contribution < 1.29 is 0 Å². The molecule has 2 saturated carbocycles. The molecule has 1 aromatic heterocycles. The van der Waals surface area contributed by atoms with Crippen molar-refractivity contribution in [3.8, 4) is 0 Å². The highest BCUT2D eigenvalue weighted by molar-refractivity contribution is 14.0. The summed E-state index contributed by atoms with van der Waals surface area (Å²) in [5, 5.41) is 15.9. The van der Waals surface area contributed by atoms with Gasteiger partial charge >= 0.3 is 0 Å². The third-order valence-electron chi connectivity index (χ3n) is 6.85. The Balaban J connectivity index is 0.00000272. The van der Waals surface area contributed by atoms with Crippen LogP contribution in [0.2, 0.25) is 0 Å². The van der Waals surface area contributed by atoms with Gasteiger partial charge in [0.05, 0.1) is 0 Å². The molecule has 0 amide bonds. The molecule has 1 aromatic carbocycles. The van der Waals surface area contributed by atoms with Crippen LogP contribution >= 0.6 is 24.0 Å². The molecule has 7 heteroatoms. The summed E-state index contributed by atoms with van der Waals surface area (Å²) in [7, 11) is 2.01. The number of guanidine groups is 1. The molecule has 4 rings (SSSR count). The first-order valence-corrected chi connectivity index (χ1v) is 11.7. The maximum atomic E-state index is 4.90. The molecule has 0 atom stereocenters. The summed E-state index contributed by atoms with van der Waals surface area (Å²) in [5.74, 6) is 3.47. The lowest BCUT2D eigenvalue weighted by Crippen LogP contribution is -2.48. The van der Waals surface area contributed by atoms with E-state index in [1.807, 2.05) is 18.5 Å². The van der Waals surface area contributed by atoms with E-state index in [1.165, 1.54) is 63.4 Å². The minimum atomic E-state index is 0. The lowest BCUT2D eigenvalue weighted by atomic mass is 9.82. The standard InChI is InChI=1S/C24H36N6.HI/c1-18-28-29-23(30(18)2)17-25-24(26-21-11-7-4-8-12-21)27-22-15-13-20(14-16-22)19-9-5-3-6-10-19;/h3,5-6,9-10,20-22H,4,7-8,11-17H2,1-2H3,(H2,25,26,27);1H. The van der Waals surface area contributed by atoms with Gasteiger partial charge in [0.1, 0.15) is 12.4 Å². The highest BCUT2D eigenvalue weighted by atomic mass is 127. The van der Waals surface area contributed by atoms with Gasteiger partial charge in [-0.15, -0.1) is 34.2 Å². The van der Waals surface area contributed by atoms with E-state index in [1.54, 1.807) is 0 Å². The van der Waals surface area contributed by atoms with Crippen molar-refractivity contribution >= 4 is 29.9 Å². The second kappa shape index (κ2) is 11.8. The fraction of sp³-hybridized carbons (Fsp3) is 0.625. The van der Waals surface area contributed by atoms with Crippen LogP contribution in [0.3, 0.4) is 0 Å². The monoisotopic (exact) mass is 536 g/mol. The Morgan fingerprint density at radius 2 is 1.58 bits per heavy atom. The van der Waals surface area contributed by atoms with Gasteiger partial charge in [-0.25, -0.2) is 4.99 Å². The van der Waals surface area contributed by atoms with Gasteiger partial charge < -0.3 is 15.2 Å². The summed E-state index contributed by atoms with van der Waals surface area (Å²) in [6.45, 7) is 2.53. The molecule has 2 aliphatic carbocycles. The zero-order valence-corrected chi connectivity index (χ0v) is 21.2. The van der Waals surface area contributed by atoms with Gasteiger partial charge in [-0.3, -0.25) is 0 Å². The highest BCUT2D eigenvalue weighted by Crippen LogP contribution is 2.32. The molecule has 0 saturated heterocycles. The molecular formula is C24H37IN6. The summed E-state index contributed by atoms with van der Waals surface area (Å²) < 4.78 is 2.02. The van der Waals surface area contributed by atoms with Gasteiger partial charge in [0.15, 0.2) is 11.8 Å². The Bertz CT molecular complexity index is 820. The van der Waals surface area contributed by atoms with Crippen LogP contribution in [0.5, 0.6) is 0 Å². The summed E-state index contributed by atoms with van der Waals surface area (Å²) in [6.07, 6.45) is 11.3. The minimum Gasteiger partial charge on any atom is -0.354 e. The van der Waals surface area contributed by atoms with E-state index in [0.29, 0.717) is 24.5 Å². The molecule has 0 spiro atoms. The Hall–Kier alpha value is -1.64. The van der Waals surface area contributed by atoms with Crippen LogP contribution in [0, 0.1) is 6.92 Å². The van der Waals surface area contributed by atoms with Crippen molar-refractivity contribution in [1.82, 2.24) is 25.4 Å². The molecule has 2 fully saturated rings. The predicted octanol–water partition coefficient (Wildman–Crippen LogP) is 4.84. The van der Waals surface area contributed by atoms with Crippen LogP contribution in [0.4, 0.5) is 0 Å². The maximum absolute atomic E-state index is 4.90. The molecule has 0 unspecified atom stereocenters. The normalized spacial score (nSPS) is 22.6. The van der Waals surface area contributed by atoms with Gasteiger partial charge in [-0.05, 0) is 56.9 Å². The fourth-order valence-electron chi connectivity index (χ4n) is 4.80. The molecule has 0 radical (unpaired) electrons. The maximum Gasteiger partial charge on any atom is 0.192 e. The molecule has 0 bridgehead atoms.